The van der Waals surface area contributed by atoms with Crippen molar-refractivity contribution in [3.05, 3.63) is 65.7 Å². The van der Waals surface area contributed by atoms with Gasteiger partial charge in [0.05, 0.1) is 19.2 Å². The summed E-state index contributed by atoms with van der Waals surface area (Å²) in [5, 5.41) is 0. The van der Waals surface area contributed by atoms with Gasteiger partial charge >= 0.3 is 12.1 Å². The maximum Gasteiger partial charge on any atom is 0.409 e. The number of nitrogens with zero attached hydrogens (tertiary/aromatic N) is 1. The first-order valence-corrected chi connectivity index (χ1v) is 7.83. The van der Waals surface area contributed by atoms with Crippen LogP contribution in [0.25, 0.3) is 0 Å². The third-order valence-corrected chi connectivity index (χ3v) is 3.49. The Morgan fingerprint density at radius 3 is 2.32 bits per heavy atom. The van der Waals surface area contributed by atoms with Crippen LogP contribution in [0.2, 0.25) is 0 Å². The fraction of sp³-hybridized carbons (Fsp3) is 0.263. The van der Waals surface area contributed by atoms with Gasteiger partial charge in [-0.15, -0.1) is 0 Å². The molecule has 0 aliphatic carbocycles. The molecule has 0 bridgehead atoms. The number of hydrogen-bond donors (Lipinski definition) is 0. The van der Waals surface area contributed by atoms with Crippen molar-refractivity contribution in [1.82, 2.24) is 4.90 Å². The van der Waals surface area contributed by atoms with Crippen LogP contribution in [0.5, 0.6) is 5.75 Å². The van der Waals surface area contributed by atoms with Crippen molar-refractivity contribution in [1.29, 1.82) is 0 Å². The average Bonchev–Trinajstić information content (AvgIpc) is 2.66. The molecular formula is C19H21NO5. The molecule has 1 amide bonds. The van der Waals surface area contributed by atoms with Crippen LogP contribution >= 0.6 is 0 Å². The van der Waals surface area contributed by atoms with Gasteiger partial charge in [-0.3, -0.25) is 0 Å². The topological polar surface area (TPSA) is 65.1 Å². The lowest BCUT2D eigenvalue weighted by molar-refractivity contribution is 0.0600. The predicted octanol–water partition coefficient (Wildman–Crippen LogP) is 3.12. The lowest BCUT2D eigenvalue weighted by atomic mass is 10.2. The van der Waals surface area contributed by atoms with Crippen molar-refractivity contribution in [2.24, 2.45) is 0 Å². The van der Waals surface area contributed by atoms with E-state index in [9.17, 15) is 9.59 Å². The standard InChI is InChI=1S/C19H21NO5/c1-20(19(22)25-14-15-6-4-3-5-7-15)12-13-24-17-10-8-16(9-11-17)18(21)23-2/h3-11H,12-14H2,1-2H3. The molecule has 0 unspecified atom stereocenters. The molecule has 2 aromatic carbocycles. The number of hydrogen-bond acceptors (Lipinski definition) is 5. The van der Waals surface area contributed by atoms with Crippen molar-refractivity contribution < 1.29 is 23.8 Å². The zero-order chi connectivity index (χ0) is 18.1. The second kappa shape index (κ2) is 9.32. The van der Waals surface area contributed by atoms with Gasteiger partial charge in [-0.2, -0.15) is 0 Å². The van der Waals surface area contributed by atoms with Gasteiger partial charge < -0.3 is 19.1 Å². The fourth-order valence-corrected chi connectivity index (χ4v) is 2.03. The van der Waals surface area contributed by atoms with Crippen molar-refractivity contribution in [2.75, 3.05) is 27.3 Å². The molecule has 2 rings (SSSR count). The third-order valence-electron chi connectivity index (χ3n) is 3.49. The Bertz CT molecular complexity index is 685. The first-order valence-electron chi connectivity index (χ1n) is 7.83. The average molecular weight is 343 g/mol. The quantitative estimate of drug-likeness (QED) is 0.723. The van der Waals surface area contributed by atoms with Gasteiger partial charge in [0.1, 0.15) is 19.0 Å². The number of amides is 1. The van der Waals surface area contributed by atoms with E-state index in [-0.39, 0.29) is 6.61 Å². The number of carbonyl (C=O) groups is 2. The summed E-state index contributed by atoms with van der Waals surface area (Å²) in [5.74, 6) is 0.214. The van der Waals surface area contributed by atoms with E-state index in [1.807, 2.05) is 30.3 Å². The van der Waals surface area contributed by atoms with E-state index < -0.39 is 12.1 Å². The summed E-state index contributed by atoms with van der Waals surface area (Å²) in [6, 6.07) is 16.1. The highest BCUT2D eigenvalue weighted by molar-refractivity contribution is 5.89. The summed E-state index contributed by atoms with van der Waals surface area (Å²) in [4.78, 5) is 24.7. The number of likely N-dealkylation sites (N-methyl/N-ethyl adjacent to an activating group) is 1. The van der Waals surface area contributed by atoms with Crippen LogP contribution in [0, 0.1) is 0 Å². The summed E-state index contributed by atoms with van der Waals surface area (Å²) >= 11 is 0. The van der Waals surface area contributed by atoms with E-state index in [1.165, 1.54) is 12.0 Å². The van der Waals surface area contributed by atoms with E-state index in [1.54, 1.807) is 31.3 Å². The highest BCUT2D eigenvalue weighted by Gasteiger charge is 2.10. The molecule has 0 spiro atoms. The normalized spacial score (nSPS) is 10.0. The molecule has 6 nitrogen and oxygen atoms in total. The highest BCUT2D eigenvalue weighted by atomic mass is 16.6. The van der Waals surface area contributed by atoms with Crippen LogP contribution in [0.4, 0.5) is 4.79 Å². The lowest BCUT2D eigenvalue weighted by Gasteiger charge is -2.17. The molecule has 0 fully saturated rings. The predicted molar refractivity (Wildman–Crippen MR) is 92.5 cm³/mol. The van der Waals surface area contributed by atoms with Gasteiger partial charge in [-0.05, 0) is 29.8 Å². The van der Waals surface area contributed by atoms with Gasteiger partial charge in [-0.1, -0.05) is 30.3 Å². The monoisotopic (exact) mass is 343 g/mol. The summed E-state index contributed by atoms with van der Waals surface area (Å²) in [6.07, 6.45) is -0.409. The van der Waals surface area contributed by atoms with Crippen LogP contribution in [-0.2, 0) is 16.1 Å². The van der Waals surface area contributed by atoms with Gasteiger partial charge in [0.15, 0.2) is 0 Å². The molecule has 2 aromatic rings. The second-order valence-corrected chi connectivity index (χ2v) is 5.33. The van der Waals surface area contributed by atoms with Crippen molar-refractivity contribution in [2.45, 2.75) is 6.61 Å². The Labute approximate surface area is 146 Å². The van der Waals surface area contributed by atoms with Crippen molar-refractivity contribution in [3.8, 4) is 5.75 Å². The molecule has 25 heavy (non-hydrogen) atoms. The zero-order valence-corrected chi connectivity index (χ0v) is 14.3. The van der Waals surface area contributed by atoms with Crippen LogP contribution in [-0.4, -0.2) is 44.3 Å². The summed E-state index contributed by atoms with van der Waals surface area (Å²) < 4.78 is 15.4. The third kappa shape index (κ3) is 5.84. The molecule has 0 aromatic heterocycles. The molecule has 6 heteroatoms. The minimum Gasteiger partial charge on any atom is -0.492 e. The van der Waals surface area contributed by atoms with E-state index in [2.05, 4.69) is 4.74 Å². The zero-order valence-electron chi connectivity index (χ0n) is 14.3. The molecule has 0 saturated heterocycles. The molecular weight excluding hydrogens is 322 g/mol. The van der Waals surface area contributed by atoms with Gasteiger partial charge in [-0.25, -0.2) is 9.59 Å². The van der Waals surface area contributed by atoms with E-state index >= 15 is 0 Å². The Morgan fingerprint density at radius 1 is 1.00 bits per heavy atom. The number of rotatable bonds is 7. The fourth-order valence-electron chi connectivity index (χ4n) is 2.03. The molecule has 132 valence electrons. The highest BCUT2D eigenvalue weighted by Crippen LogP contribution is 2.13. The smallest absolute Gasteiger partial charge is 0.409 e. The molecule has 0 aliphatic rings. The minimum absolute atomic E-state index is 0.236. The molecule has 0 atom stereocenters. The maximum atomic E-state index is 11.9. The maximum absolute atomic E-state index is 11.9. The van der Waals surface area contributed by atoms with Crippen molar-refractivity contribution >= 4 is 12.1 Å². The first-order chi connectivity index (χ1) is 12.1. The van der Waals surface area contributed by atoms with Crippen LogP contribution in [0.15, 0.2) is 54.6 Å². The number of methoxy groups -OCH3 is 1. The van der Waals surface area contributed by atoms with E-state index in [0.717, 1.165) is 5.56 Å². The minimum atomic E-state index is -0.409. The van der Waals surface area contributed by atoms with Crippen LogP contribution < -0.4 is 4.74 Å². The van der Waals surface area contributed by atoms with Gasteiger partial charge in [0.2, 0.25) is 0 Å². The molecule has 0 radical (unpaired) electrons. The number of carbonyl (C=O) groups excluding carboxylic acids is 2. The Balaban J connectivity index is 1.71. The Kier molecular flexibility index (Phi) is 6.83. The summed E-state index contributed by atoms with van der Waals surface area (Å²) in [6.45, 7) is 0.931. The SMILES string of the molecule is COC(=O)c1ccc(OCCN(C)C(=O)OCc2ccccc2)cc1. The van der Waals surface area contributed by atoms with Crippen LogP contribution in [0.3, 0.4) is 0 Å². The first kappa shape index (κ1) is 18.3. The van der Waals surface area contributed by atoms with E-state index in [0.29, 0.717) is 24.5 Å². The lowest BCUT2D eigenvalue weighted by Crippen LogP contribution is -2.31. The number of esters is 1. The molecule has 0 aliphatic heterocycles. The van der Waals surface area contributed by atoms with Crippen molar-refractivity contribution in [3.63, 3.8) is 0 Å². The second-order valence-electron chi connectivity index (χ2n) is 5.33. The number of benzene rings is 2. The van der Waals surface area contributed by atoms with Crippen LogP contribution in [0.1, 0.15) is 15.9 Å². The summed E-state index contributed by atoms with van der Waals surface area (Å²) in [5.41, 5.74) is 1.39. The largest absolute Gasteiger partial charge is 0.492 e. The Morgan fingerprint density at radius 2 is 1.68 bits per heavy atom. The summed E-state index contributed by atoms with van der Waals surface area (Å²) in [7, 11) is 2.98. The van der Waals surface area contributed by atoms with Gasteiger partial charge in [0, 0.05) is 7.05 Å². The Hall–Kier alpha value is -3.02. The molecule has 0 N–H and O–H groups in total. The number of ether oxygens (including phenoxy) is 3. The molecule has 0 heterocycles. The molecule has 0 saturated carbocycles. The van der Waals surface area contributed by atoms with E-state index in [4.69, 9.17) is 9.47 Å². The van der Waals surface area contributed by atoms with Gasteiger partial charge in [0.25, 0.3) is 0 Å².